The highest BCUT2D eigenvalue weighted by Crippen LogP contribution is 2.39. The standard InChI is InChI=1S/C14H28N2O2/c1-13(2,3)8-5-9-15-12(18)16-14(4,10-17)11-6-7-11/h11,17H,5-10H2,1-4H3,(H2,15,16,18). The monoisotopic (exact) mass is 256 g/mol. The molecule has 0 aromatic heterocycles. The Bertz CT molecular complexity index is 282. The maximum absolute atomic E-state index is 11.7. The Morgan fingerprint density at radius 3 is 2.33 bits per heavy atom. The van der Waals surface area contributed by atoms with Crippen LogP contribution >= 0.6 is 0 Å². The molecular formula is C14H28N2O2. The number of urea groups is 1. The van der Waals surface area contributed by atoms with Crippen LogP contribution in [0.5, 0.6) is 0 Å². The van der Waals surface area contributed by atoms with Crippen molar-refractivity contribution in [2.75, 3.05) is 13.2 Å². The van der Waals surface area contributed by atoms with Crippen LogP contribution in [0.1, 0.15) is 53.4 Å². The second-order valence-corrected chi connectivity index (χ2v) is 6.89. The van der Waals surface area contributed by atoms with Crippen molar-refractivity contribution in [3.8, 4) is 0 Å². The molecule has 0 heterocycles. The second-order valence-electron chi connectivity index (χ2n) is 6.89. The van der Waals surface area contributed by atoms with Gasteiger partial charge in [0.15, 0.2) is 0 Å². The predicted molar refractivity (Wildman–Crippen MR) is 73.4 cm³/mol. The average molecular weight is 256 g/mol. The molecular weight excluding hydrogens is 228 g/mol. The lowest BCUT2D eigenvalue weighted by molar-refractivity contribution is 0.155. The van der Waals surface area contributed by atoms with Gasteiger partial charge in [0.1, 0.15) is 0 Å². The van der Waals surface area contributed by atoms with Gasteiger partial charge in [-0.05, 0) is 43.9 Å². The van der Waals surface area contributed by atoms with Gasteiger partial charge in [-0.3, -0.25) is 0 Å². The van der Waals surface area contributed by atoms with Crippen LogP contribution in [-0.2, 0) is 0 Å². The molecule has 1 aliphatic carbocycles. The van der Waals surface area contributed by atoms with Crippen molar-refractivity contribution in [2.45, 2.75) is 58.9 Å². The molecule has 18 heavy (non-hydrogen) atoms. The summed E-state index contributed by atoms with van der Waals surface area (Å²) in [6, 6.07) is -0.160. The average Bonchev–Trinajstić information content (AvgIpc) is 3.07. The van der Waals surface area contributed by atoms with Crippen molar-refractivity contribution < 1.29 is 9.90 Å². The van der Waals surface area contributed by atoms with E-state index < -0.39 is 5.54 Å². The molecule has 0 spiro atoms. The number of carbonyl (C=O) groups is 1. The summed E-state index contributed by atoms with van der Waals surface area (Å²) in [5.74, 6) is 0.433. The lowest BCUT2D eigenvalue weighted by Gasteiger charge is -2.28. The van der Waals surface area contributed by atoms with Crippen LogP contribution in [0.15, 0.2) is 0 Å². The molecule has 1 saturated carbocycles. The highest BCUT2D eigenvalue weighted by Gasteiger charge is 2.42. The van der Waals surface area contributed by atoms with Gasteiger partial charge >= 0.3 is 6.03 Å². The highest BCUT2D eigenvalue weighted by molar-refractivity contribution is 5.74. The van der Waals surface area contributed by atoms with Gasteiger partial charge in [0.05, 0.1) is 12.1 Å². The van der Waals surface area contributed by atoms with Crippen molar-refractivity contribution >= 4 is 6.03 Å². The zero-order valence-electron chi connectivity index (χ0n) is 12.2. The Morgan fingerprint density at radius 2 is 1.89 bits per heavy atom. The van der Waals surface area contributed by atoms with Crippen LogP contribution in [0, 0.1) is 11.3 Å². The van der Waals surface area contributed by atoms with E-state index in [1.54, 1.807) is 0 Å². The zero-order valence-corrected chi connectivity index (χ0v) is 12.2. The lowest BCUT2D eigenvalue weighted by Crippen LogP contribution is -2.54. The van der Waals surface area contributed by atoms with E-state index in [9.17, 15) is 9.90 Å². The summed E-state index contributed by atoms with van der Waals surface area (Å²) in [6.45, 7) is 9.21. The van der Waals surface area contributed by atoms with Crippen LogP contribution in [0.3, 0.4) is 0 Å². The van der Waals surface area contributed by atoms with Crippen LogP contribution in [-0.4, -0.2) is 29.8 Å². The quantitative estimate of drug-likeness (QED) is 0.638. The van der Waals surface area contributed by atoms with E-state index in [0.717, 1.165) is 25.7 Å². The molecule has 1 unspecified atom stereocenters. The minimum atomic E-state index is -0.450. The van der Waals surface area contributed by atoms with Gasteiger partial charge in [0, 0.05) is 6.54 Å². The van der Waals surface area contributed by atoms with Gasteiger partial charge in [-0.2, -0.15) is 0 Å². The minimum Gasteiger partial charge on any atom is -0.394 e. The summed E-state index contributed by atoms with van der Waals surface area (Å²) in [5, 5.41) is 15.1. The number of carbonyl (C=O) groups excluding carboxylic acids is 1. The summed E-state index contributed by atoms with van der Waals surface area (Å²) in [7, 11) is 0. The van der Waals surface area contributed by atoms with E-state index in [1.165, 1.54) is 0 Å². The topological polar surface area (TPSA) is 61.4 Å². The number of nitrogens with one attached hydrogen (secondary N) is 2. The van der Waals surface area contributed by atoms with E-state index in [0.29, 0.717) is 17.9 Å². The number of amides is 2. The molecule has 0 aromatic carbocycles. The number of hydrogen-bond donors (Lipinski definition) is 3. The first-order valence-electron chi connectivity index (χ1n) is 6.94. The van der Waals surface area contributed by atoms with Crippen LogP contribution in [0.2, 0.25) is 0 Å². The SMILES string of the molecule is CC(C)(C)CCCNC(=O)NC(C)(CO)C1CC1. The van der Waals surface area contributed by atoms with E-state index in [1.807, 2.05) is 6.92 Å². The first-order valence-corrected chi connectivity index (χ1v) is 6.94. The molecule has 1 aliphatic rings. The van der Waals surface area contributed by atoms with E-state index >= 15 is 0 Å². The van der Waals surface area contributed by atoms with Gasteiger partial charge in [-0.1, -0.05) is 20.8 Å². The fourth-order valence-electron chi connectivity index (χ4n) is 2.12. The van der Waals surface area contributed by atoms with Crippen LogP contribution in [0.4, 0.5) is 4.79 Å². The van der Waals surface area contributed by atoms with Crippen molar-refractivity contribution in [3.05, 3.63) is 0 Å². The van der Waals surface area contributed by atoms with Crippen LogP contribution in [0.25, 0.3) is 0 Å². The molecule has 2 amide bonds. The first kappa shape index (κ1) is 15.3. The van der Waals surface area contributed by atoms with Crippen molar-refractivity contribution in [2.24, 2.45) is 11.3 Å². The van der Waals surface area contributed by atoms with Crippen molar-refractivity contribution in [3.63, 3.8) is 0 Å². The van der Waals surface area contributed by atoms with E-state index in [2.05, 4.69) is 31.4 Å². The van der Waals surface area contributed by atoms with Crippen molar-refractivity contribution in [1.29, 1.82) is 0 Å². The molecule has 0 aromatic rings. The third-order valence-electron chi connectivity index (χ3n) is 3.60. The van der Waals surface area contributed by atoms with Gasteiger partial charge in [-0.25, -0.2) is 4.79 Å². The highest BCUT2D eigenvalue weighted by atomic mass is 16.3. The number of rotatable bonds is 6. The molecule has 4 nitrogen and oxygen atoms in total. The number of aliphatic hydroxyl groups excluding tert-OH is 1. The Kier molecular flexibility index (Phi) is 5.02. The minimum absolute atomic E-state index is 0.00702. The summed E-state index contributed by atoms with van der Waals surface area (Å²) >= 11 is 0. The molecule has 1 atom stereocenters. The van der Waals surface area contributed by atoms with E-state index in [4.69, 9.17) is 0 Å². The largest absolute Gasteiger partial charge is 0.394 e. The lowest BCUT2D eigenvalue weighted by atomic mass is 9.91. The zero-order chi connectivity index (χ0) is 13.8. The molecule has 1 fully saturated rings. The van der Waals surface area contributed by atoms with Gasteiger partial charge in [0.2, 0.25) is 0 Å². The maximum Gasteiger partial charge on any atom is 0.315 e. The predicted octanol–water partition coefficient (Wildman–Crippen LogP) is 2.27. The fourth-order valence-corrected chi connectivity index (χ4v) is 2.12. The molecule has 0 aliphatic heterocycles. The fraction of sp³-hybridized carbons (Fsp3) is 0.929. The second kappa shape index (κ2) is 5.91. The summed E-state index contributed by atoms with van der Waals surface area (Å²) in [4.78, 5) is 11.7. The molecule has 0 saturated heterocycles. The van der Waals surface area contributed by atoms with Gasteiger partial charge in [0.25, 0.3) is 0 Å². The number of hydrogen-bond acceptors (Lipinski definition) is 2. The smallest absolute Gasteiger partial charge is 0.315 e. The summed E-state index contributed by atoms with van der Waals surface area (Å²) < 4.78 is 0. The molecule has 106 valence electrons. The third kappa shape index (κ3) is 5.25. The van der Waals surface area contributed by atoms with Crippen molar-refractivity contribution in [1.82, 2.24) is 10.6 Å². The molecule has 1 rings (SSSR count). The van der Waals surface area contributed by atoms with Gasteiger partial charge < -0.3 is 15.7 Å². The molecule has 0 radical (unpaired) electrons. The number of aliphatic hydroxyl groups is 1. The Balaban J connectivity index is 2.21. The maximum atomic E-state index is 11.7. The molecule has 3 N–H and O–H groups in total. The Labute approximate surface area is 111 Å². The Hall–Kier alpha value is -0.770. The first-order chi connectivity index (χ1) is 8.27. The molecule has 0 bridgehead atoms. The summed E-state index contributed by atoms with van der Waals surface area (Å²) in [6.07, 6.45) is 4.27. The molecule has 4 heteroatoms. The van der Waals surface area contributed by atoms with Gasteiger partial charge in [-0.15, -0.1) is 0 Å². The van der Waals surface area contributed by atoms with E-state index in [-0.39, 0.29) is 12.6 Å². The summed E-state index contributed by atoms with van der Waals surface area (Å²) in [5.41, 5.74) is -0.139. The Morgan fingerprint density at radius 1 is 1.28 bits per heavy atom. The van der Waals surface area contributed by atoms with Crippen LogP contribution < -0.4 is 10.6 Å². The third-order valence-corrected chi connectivity index (χ3v) is 3.60. The normalized spacial score (nSPS) is 19.2.